The molecule has 6 heteroatoms. The molecule has 1 saturated heterocycles. The maximum atomic E-state index is 13.2. The molecule has 1 fully saturated rings. The zero-order valence-corrected chi connectivity index (χ0v) is 38.2. The van der Waals surface area contributed by atoms with Crippen molar-refractivity contribution in [1.82, 2.24) is 4.90 Å². The molecule has 0 spiro atoms. The number of likely N-dealkylation sites (tertiary alicyclic amines) is 1. The lowest BCUT2D eigenvalue weighted by Gasteiger charge is -2.39. The fraction of sp³-hybridized carbons (Fsp3) is 0.960. The molecular formula is C50H97NO5. The van der Waals surface area contributed by atoms with Crippen molar-refractivity contribution in [2.75, 3.05) is 32.9 Å². The number of hydrogen-bond donors (Lipinski definition) is 1. The van der Waals surface area contributed by atoms with Crippen molar-refractivity contribution in [1.29, 1.82) is 0 Å². The SMILES string of the molecule is CCCCCCCCC(CCCCCC)C(=O)OCCCCCC1(CCCCCOC(=O)C(CCCCCC)CCCCCCCC)CCCN1CCCCO. The molecule has 1 N–H and O–H groups in total. The molecule has 0 amide bonds. The number of ether oxygens (including phenoxy) is 2. The van der Waals surface area contributed by atoms with Gasteiger partial charge in [-0.05, 0) is 103 Å². The van der Waals surface area contributed by atoms with E-state index in [9.17, 15) is 14.7 Å². The molecule has 0 aliphatic carbocycles. The van der Waals surface area contributed by atoms with Crippen molar-refractivity contribution in [3.63, 3.8) is 0 Å². The van der Waals surface area contributed by atoms with Gasteiger partial charge in [0, 0.05) is 12.1 Å². The number of hydrogen-bond acceptors (Lipinski definition) is 6. The number of carbonyl (C=O) groups excluding carboxylic acids is 2. The fourth-order valence-corrected chi connectivity index (χ4v) is 9.23. The molecule has 0 saturated carbocycles. The summed E-state index contributed by atoms with van der Waals surface area (Å²) in [6.07, 6.45) is 42.2. The highest BCUT2D eigenvalue weighted by molar-refractivity contribution is 5.72. The van der Waals surface area contributed by atoms with Crippen molar-refractivity contribution in [2.24, 2.45) is 11.8 Å². The lowest BCUT2D eigenvalue weighted by Crippen LogP contribution is -2.44. The van der Waals surface area contributed by atoms with Gasteiger partial charge in [-0.15, -0.1) is 0 Å². The smallest absolute Gasteiger partial charge is 0.308 e. The van der Waals surface area contributed by atoms with Crippen LogP contribution in [0.3, 0.4) is 0 Å². The van der Waals surface area contributed by atoms with E-state index in [4.69, 9.17) is 9.47 Å². The molecule has 2 atom stereocenters. The normalized spacial score (nSPS) is 17.0. The highest BCUT2D eigenvalue weighted by Crippen LogP contribution is 2.39. The molecule has 1 rings (SSSR count). The van der Waals surface area contributed by atoms with Crippen LogP contribution in [0.2, 0.25) is 0 Å². The molecule has 0 aromatic rings. The van der Waals surface area contributed by atoms with Crippen molar-refractivity contribution in [2.45, 2.75) is 264 Å². The van der Waals surface area contributed by atoms with Crippen LogP contribution in [0, 0.1) is 11.8 Å². The average molecular weight is 792 g/mol. The second-order valence-electron chi connectivity index (χ2n) is 17.9. The van der Waals surface area contributed by atoms with Crippen molar-refractivity contribution in [3.8, 4) is 0 Å². The third kappa shape index (κ3) is 26.8. The van der Waals surface area contributed by atoms with Gasteiger partial charge in [-0.3, -0.25) is 14.5 Å². The van der Waals surface area contributed by atoms with E-state index >= 15 is 0 Å². The van der Waals surface area contributed by atoms with Gasteiger partial charge in [0.15, 0.2) is 0 Å². The van der Waals surface area contributed by atoms with Crippen LogP contribution in [0.5, 0.6) is 0 Å². The van der Waals surface area contributed by atoms with Gasteiger partial charge in [0.2, 0.25) is 0 Å². The first-order valence-electron chi connectivity index (χ1n) is 25.2. The predicted molar refractivity (Wildman–Crippen MR) is 239 cm³/mol. The molecule has 1 aliphatic heterocycles. The third-order valence-corrected chi connectivity index (χ3v) is 12.9. The first-order valence-corrected chi connectivity index (χ1v) is 25.2. The van der Waals surface area contributed by atoms with Crippen LogP contribution in [0.4, 0.5) is 0 Å². The molecular weight excluding hydrogens is 695 g/mol. The average Bonchev–Trinajstić information content (AvgIpc) is 3.60. The minimum absolute atomic E-state index is 0.0587. The van der Waals surface area contributed by atoms with Gasteiger partial charge in [0.25, 0.3) is 0 Å². The Labute approximate surface area is 349 Å². The van der Waals surface area contributed by atoms with E-state index in [1.54, 1.807) is 0 Å². The van der Waals surface area contributed by atoms with Crippen LogP contribution >= 0.6 is 0 Å². The summed E-state index contributed by atoms with van der Waals surface area (Å²) in [5.74, 6) is 0.280. The Hall–Kier alpha value is -1.14. The number of rotatable bonds is 42. The fourth-order valence-electron chi connectivity index (χ4n) is 9.23. The number of aliphatic hydroxyl groups is 1. The minimum atomic E-state index is 0.0587. The summed E-state index contributed by atoms with van der Waals surface area (Å²) in [6, 6.07) is 0. The van der Waals surface area contributed by atoms with Gasteiger partial charge in [0.1, 0.15) is 0 Å². The summed E-state index contributed by atoms with van der Waals surface area (Å²) in [7, 11) is 0. The quantitative estimate of drug-likeness (QED) is 0.0490. The zero-order valence-electron chi connectivity index (χ0n) is 38.2. The molecule has 0 aromatic carbocycles. The monoisotopic (exact) mass is 792 g/mol. The van der Waals surface area contributed by atoms with E-state index in [1.807, 2.05) is 0 Å². The number of nitrogens with zero attached hydrogens (tertiary/aromatic N) is 1. The van der Waals surface area contributed by atoms with Crippen LogP contribution in [0.25, 0.3) is 0 Å². The Balaban J connectivity index is 2.56. The number of aliphatic hydroxyl groups excluding tert-OH is 1. The maximum Gasteiger partial charge on any atom is 0.308 e. The summed E-state index contributed by atoms with van der Waals surface area (Å²) in [5.41, 5.74) is 0.240. The molecule has 6 nitrogen and oxygen atoms in total. The first-order chi connectivity index (χ1) is 27.5. The van der Waals surface area contributed by atoms with E-state index in [1.165, 1.54) is 141 Å². The summed E-state index contributed by atoms with van der Waals surface area (Å²) < 4.78 is 11.9. The van der Waals surface area contributed by atoms with E-state index in [-0.39, 0.29) is 35.9 Å². The molecule has 0 radical (unpaired) electrons. The van der Waals surface area contributed by atoms with E-state index in [2.05, 4.69) is 32.6 Å². The summed E-state index contributed by atoms with van der Waals surface area (Å²) in [4.78, 5) is 29.1. The second-order valence-corrected chi connectivity index (χ2v) is 17.9. The van der Waals surface area contributed by atoms with Gasteiger partial charge in [-0.1, -0.05) is 169 Å². The van der Waals surface area contributed by atoms with Crippen LogP contribution in [-0.2, 0) is 19.1 Å². The number of unbranched alkanes of at least 4 members (excludes halogenated alkanes) is 21. The lowest BCUT2D eigenvalue weighted by atomic mass is 9.84. The third-order valence-electron chi connectivity index (χ3n) is 12.9. The Morgan fingerprint density at radius 2 is 0.875 bits per heavy atom. The maximum absolute atomic E-state index is 13.2. The Bertz CT molecular complexity index is 824. The lowest BCUT2D eigenvalue weighted by molar-refractivity contribution is -0.150. The number of carbonyl (C=O) groups is 2. The van der Waals surface area contributed by atoms with Crippen LogP contribution in [0.15, 0.2) is 0 Å². The van der Waals surface area contributed by atoms with Gasteiger partial charge < -0.3 is 14.6 Å². The highest BCUT2D eigenvalue weighted by Gasteiger charge is 2.39. The molecule has 0 bridgehead atoms. The molecule has 332 valence electrons. The molecule has 1 aliphatic rings. The molecule has 0 aromatic heterocycles. The van der Waals surface area contributed by atoms with Crippen LogP contribution in [0.1, 0.15) is 259 Å². The van der Waals surface area contributed by atoms with Crippen molar-refractivity contribution >= 4 is 11.9 Å². The van der Waals surface area contributed by atoms with Crippen molar-refractivity contribution in [3.05, 3.63) is 0 Å². The Morgan fingerprint density at radius 3 is 1.29 bits per heavy atom. The highest BCUT2D eigenvalue weighted by atomic mass is 16.5. The minimum Gasteiger partial charge on any atom is -0.465 e. The second kappa shape index (κ2) is 38.1. The van der Waals surface area contributed by atoms with Crippen LogP contribution < -0.4 is 0 Å². The van der Waals surface area contributed by atoms with E-state index < -0.39 is 0 Å². The standard InChI is InChI=1S/C50H97NO5/c1-5-9-13-17-19-25-36-46(34-23-15-11-7-3)48(53)55-44-31-21-27-38-50(40-33-42-51(50)41-29-30-43-52)39-28-22-32-45-56-49(54)47(35-24-16-12-8-4)37-26-20-18-14-10-6-2/h46-47,52H,5-45H2,1-4H3. The van der Waals surface area contributed by atoms with Gasteiger partial charge >= 0.3 is 11.9 Å². The van der Waals surface area contributed by atoms with Crippen LogP contribution in [-0.4, -0.2) is 60.4 Å². The first kappa shape index (κ1) is 52.9. The summed E-state index contributed by atoms with van der Waals surface area (Å²) >= 11 is 0. The Morgan fingerprint density at radius 1 is 0.500 bits per heavy atom. The molecule has 56 heavy (non-hydrogen) atoms. The largest absolute Gasteiger partial charge is 0.465 e. The number of esters is 2. The van der Waals surface area contributed by atoms with Crippen molar-refractivity contribution < 1.29 is 24.2 Å². The van der Waals surface area contributed by atoms with E-state index in [0.29, 0.717) is 13.2 Å². The van der Waals surface area contributed by atoms with Gasteiger partial charge in [-0.25, -0.2) is 0 Å². The van der Waals surface area contributed by atoms with Gasteiger partial charge in [0.05, 0.1) is 25.0 Å². The molecule has 2 unspecified atom stereocenters. The van der Waals surface area contributed by atoms with Gasteiger partial charge in [-0.2, -0.15) is 0 Å². The van der Waals surface area contributed by atoms with E-state index in [0.717, 1.165) is 103 Å². The summed E-state index contributed by atoms with van der Waals surface area (Å²) in [6.45, 7) is 12.6. The Kier molecular flexibility index (Phi) is 36.0. The summed E-state index contributed by atoms with van der Waals surface area (Å²) in [5, 5.41) is 9.47. The zero-order chi connectivity index (χ0) is 40.8. The topological polar surface area (TPSA) is 76.1 Å². The molecule has 1 heterocycles. The predicted octanol–water partition coefficient (Wildman–Crippen LogP) is 14.5.